The summed E-state index contributed by atoms with van der Waals surface area (Å²) in [4.78, 5) is 37.2. The minimum atomic E-state index is -0.225. The second-order valence-electron chi connectivity index (χ2n) is 15.3. The monoisotopic (exact) mass is 510 g/mol. The van der Waals surface area contributed by atoms with Crippen LogP contribution in [0.25, 0.3) is 0 Å². The molecule has 8 atom stereocenters. The van der Waals surface area contributed by atoms with E-state index in [1.165, 1.54) is 24.8 Å². The van der Waals surface area contributed by atoms with Crippen molar-refractivity contribution in [3.63, 3.8) is 0 Å². The maximum atomic E-state index is 13.4. The molecule has 0 bridgehead atoms. The molecular formula is C33H50O4. The molecule has 206 valence electrons. The fourth-order valence-corrected chi connectivity index (χ4v) is 11.5. The van der Waals surface area contributed by atoms with Crippen LogP contribution in [0.5, 0.6) is 0 Å². The van der Waals surface area contributed by atoms with Crippen molar-refractivity contribution in [2.24, 2.45) is 50.7 Å². The number of rotatable bonds is 4. The van der Waals surface area contributed by atoms with Gasteiger partial charge in [0.05, 0.1) is 0 Å². The van der Waals surface area contributed by atoms with Gasteiger partial charge in [0.2, 0.25) is 0 Å². The number of allylic oxidation sites excluding steroid dienone is 2. The van der Waals surface area contributed by atoms with Crippen LogP contribution in [0.4, 0.5) is 0 Å². The second kappa shape index (κ2) is 8.52. The molecule has 2 unspecified atom stereocenters. The molecule has 0 aromatic rings. The Morgan fingerprint density at radius 3 is 2.27 bits per heavy atom. The van der Waals surface area contributed by atoms with Crippen LogP contribution in [0, 0.1) is 50.7 Å². The van der Waals surface area contributed by atoms with Crippen molar-refractivity contribution in [2.45, 2.75) is 126 Å². The fraction of sp³-hybridized carbons (Fsp3) is 0.848. The van der Waals surface area contributed by atoms with E-state index in [-0.39, 0.29) is 45.1 Å². The van der Waals surface area contributed by atoms with Crippen LogP contribution >= 0.6 is 0 Å². The van der Waals surface area contributed by atoms with Crippen molar-refractivity contribution in [2.75, 3.05) is 0 Å². The Labute approximate surface area is 224 Å². The highest BCUT2D eigenvalue weighted by atomic mass is 16.5. The number of fused-ring (bicyclic) bond motifs is 7. The zero-order valence-electron chi connectivity index (χ0n) is 24.7. The van der Waals surface area contributed by atoms with Crippen molar-refractivity contribution in [1.82, 2.24) is 0 Å². The highest BCUT2D eigenvalue weighted by molar-refractivity contribution is 6.01. The van der Waals surface area contributed by atoms with E-state index >= 15 is 0 Å². The van der Waals surface area contributed by atoms with E-state index in [4.69, 9.17) is 4.74 Å². The molecule has 5 aliphatic carbocycles. The van der Waals surface area contributed by atoms with Gasteiger partial charge in [0.15, 0.2) is 5.78 Å². The number of esters is 1. The van der Waals surface area contributed by atoms with E-state index in [2.05, 4.69) is 48.5 Å². The first-order valence-electron chi connectivity index (χ1n) is 15.1. The summed E-state index contributed by atoms with van der Waals surface area (Å²) in [5.41, 5.74) is 2.76. The molecule has 4 heteroatoms. The first-order valence-corrected chi connectivity index (χ1v) is 15.1. The Bertz CT molecular complexity index is 1040. The number of Topliss-reactive ketones (excluding diaryl/α,β-unsaturated/α-hetero) is 1. The lowest BCUT2D eigenvalue weighted by molar-refractivity contribution is -0.232. The molecule has 5 rings (SSSR count). The minimum Gasteiger partial charge on any atom is -0.462 e. The molecule has 0 saturated heterocycles. The Morgan fingerprint density at radius 1 is 0.946 bits per heavy atom. The topological polar surface area (TPSA) is 60.4 Å². The molecule has 0 spiro atoms. The smallest absolute Gasteiger partial charge is 0.302 e. The zero-order valence-corrected chi connectivity index (χ0v) is 24.7. The number of ether oxygens (including phenoxy) is 1. The molecule has 0 amide bonds. The predicted molar refractivity (Wildman–Crippen MR) is 146 cm³/mol. The van der Waals surface area contributed by atoms with Crippen LogP contribution in [-0.4, -0.2) is 24.1 Å². The Hall–Kier alpha value is -1.45. The third-order valence-electron chi connectivity index (χ3n) is 13.3. The molecule has 4 fully saturated rings. The SMILES string of the molecule is CC(=O)O[C@H]1CCC2(C)[C@H]3CC[C@@H]4C5=C(C(C)C)C(=O)C[C@]5(CC=O)CC[C@@]4(C)C3(C)CC[C@H]2C1(C)C. The lowest BCUT2D eigenvalue weighted by atomic mass is 9.33. The van der Waals surface area contributed by atoms with Gasteiger partial charge in [-0.3, -0.25) is 9.59 Å². The lowest BCUT2D eigenvalue weighted by Gasteiger charge is -2.72. The highest BCUT2D eigenvalue weighted by Gasteiger charge is 2.70. The number of aldehydes is 1. The van der Waals surface area contributed by atoms with Gasteiger partial charge in [-0.05, 0) is 96.9 Å². The average molecular weight is 511 g/mol. The molecule has 0 aromatic carbocycles. The van der Waals surface area contributed by atoms with E-state index in [0.29, 0.717) is 36.4 Å². The summed E-state index contributed by atoms with van der Waals surface area (Å²) in [7, 11) is 0. The van der Waals surface area contributed by atoms with Crippen LogP contribution in [0.2, 0.25) is 0 Å². The van der Waals surface area contributed by atoms with Gasteiger partial charge in [0.1, 0.15) is 12.4 Å². The number of ketones is 1. The van der Waals surface area contributed by atoms with Gasteiger partial charge in [-0.2, -0.15) is 0 Å². The van der Waals surface area contributed by atoms with E-state index in [0.717, 1.165) is 44.0 Å². The summed E-state index contributed by atoms with van der Waals surface area (Å²) in [5, 5.41) is 0. The van der Waals surface area contributed by atoms with Crippen molar-refractivity contribution < 1.29 is 19.1 Å². The zero-order chi connectivity index (χ0) is 27.2. The summed E-state index contributed by atoms with van der Waals surface area (Å²) < 4.78 is 5.89. The van der Waals surface area contributed by atoms with Crippen LogP contribution in [0.15, 0.2) is 11.1 Å². The largest absolute Gasteiger partial charge is 0.462 e. The Balaban J connectivity index is 1.56. The summed E-state index contributed by atoms with van der Waals surface area (Å²) in [6.07, 6.45) is 11.0. The molecule has 0 heterocycles. The molecule has 0 aliphatic heterocycles. The lowest BCUT2D eigenvalue weighted by Crippen LogP contribution is -2.65. The Kier molecular flexibility index (Phi) is 6.25. The Morgan fingerprint density at radius 2 is 1.65 bits per heavy atom. The first-order chi connectivity index (χ1) is 17.2. The maximum Gasteiger partial charge on any atom is 0.302 e. The van der Waals surface area contributed by atoms with Gasteiger partial charge in [0.25, 0.3) is 0 Å². The first kappa shape index (κ1) is 27.1. The summed E-state index contributed by atoms with van der Waals surface area (Å²) in [6.45, 7) is 18.3. The van der Waals surface area contributed by atoms with Crippen molar-refractivity contribution >= 4 is 18.0 Å². The standard InChI is InChI=1S/C33H50O4/c1-20(2)27-23(36)19-33(17-18-34)16-15-31(7)22(28(27)33)9-10-25-30(6)13-12-26(37-21(3)35)29(4,5)24(30)11-14-32(25,31)8/h18,20,22,24-26H,9-17,19H2,1-8H3/t22-,24+,25-,26+,30?,31-,32?,33-/m1/s1. The van der Waals surface area contributed by atoms with E-state index < -0.39 is 0 Å². The minimum absolute atomic E-state index is 0.00116. The van der Waals surface area contributed by atoms with Crippen LogP contribution in [-0.2, 0) is 19.1 Å². The highest BCUT2D eigenvalue weighted by Crippen LogP contribution is 2.77. The molecule has 37 heavy (non-hydrogen) atoms. The molecule has 5 aliphatic rings. The molecule has 4 nitrogen and oxygen atoms in total. The quantitative estimate of drug-likeness (QED) is 0.290. The van der Waals surface area contributed by atoms with E-state index in [9.17, 15) is 14.4 Å². The third-order valence-corrected chi connectivity index (χ3v) is 13.3. The summed E-state index contributed by atoms with van der Waals surface area (Å²) in [5.74, 6) is 1.93. The van der Waals surface area contributed by atoms with Crippen LogP contribution in [0.1, 0.15) is 120 Å². The molecule has 0 aromatic heterocycles. The number of carbonyl (C=O) groups is 3. The van der Waals surface area contributed by atoms with Crippen molar-refractivity contribution in [3.05, 3.63) is 11.1 Å². The summed E-state index contributed by atoms with van der Waals surface area (Å²) >= 11 is 0. The summed E-state index contributed by atoms with van der Waals surface area (Å²) in [6, 6.07) is 0. The average Bonchev–Trinajstić information content (AvgIpc) is 3.08. The van der Waals surface area contributed by atoms with Gasteiger partial charge in [0, 0.05) is 30.6 Å². The normalized spacial score (nSPS) is 46.6. The van der Waals surface area contributed by atoms with E-state index in [1.54, 1.807) is 6.92 Å². The predicted octanol–water partition coefficient (Wildman–Crippen LogP) is 7.49. The van der Waals surface area contributed by atoms with Gasteiger partial charge in [-0.25, -0.2) is 0 Å². The number of hydrogen-bond donors (Lipinski definition) is 0. The van der Waals surface area contributed by atoms with Crippen LogP contribution < -0.4 is 0 Å². The van der Waals surface area contributed by atoms with E-state index in [1.807, 2.05) is 0 Å². The maximum absolute atomic E-state index is 13.4. The van der Waals surface area contributed by atoms with Crippen molar-refractivity contribution in [1.29, 1.82) is 0 Å². The molecule has 0 radical (unpaired) electrons. The number of hydrogen-bond acceptors (Lipinski definition) is 4. The third kappa shape index (κ3) is 3.48. The van der Waals surface area contributed by atoms with Gasteiger partial charge >= 0.3 is 5.97 Å². The molecule has 0 N–H and O–H groups in total. The van der Waals surface area contributed by atoms with Crippen molar-refractivity contribution in [3.8, 4) is 0 Å². The van der Waals surface area contributed by atoms with Gasteiger partial charge in [-0.1, -0.05) is 54.0 Å². The van der Waals surface area contributed by atoms with Gasteiger partial charge < -0.3 is 9.53 Å². The fourth-order valence-electron chi connectivity index (χ4n) is 11.5. The second-order valence-corrected chi connectivity index (χ2v) is 15.3. The van der Waals surface area contributed by atoms with Gasteiger partial charge in [-0.15, -0.1) is 0 Å². The molecule has 4 saturated carbocycles. The molecular weight excluding hydrogens is 460 g/mol. The van der Waals surface area contributed by atoms with Crippen LogP contribution in [0.3, 0.4) is 0 Å². The number of carbonyl (C=O) groups excluding carboxylic acids is 3.